The van der Waals surface area contributed by atoms with Crippen molar-refractivity contribution in [1.29, 1.82) is 0 Å². The second kappa shape index (κ2) is 14.8. The summed E-state index contributed by atoms with van der Waals surface area (Å²) >= 11 is 0. The van der Waals surface area contributed by atoms with E-state index in [1.54, 1.807) is 0 Å². The van der Waals surface area contributed by atoms with Crippen molar-refractivity contribution in [1.82, 2.24) is 9.80 Å². The van der Waals surface area contributed by atoms with Crippen LogP contribution < -0.4 is 0 Å². The van der Waals surface area contributed by atoms with E-state index in [9.17, 15) is 0 Å². The third-order valence-corrected chi connectivity index (χ3v) is 4.29. The van der Waals surface area contributed by atoms with Crippen LogP contribution in [0.3, 0.4) is 0 Å². The zero-order valence-corrected chi connectivity index (χ0v) is 16.7. The SMILES string of the molecule is C=CC(C)C.CCN1CCN(CC2CC[N-]CC2)CC1.[CH3-].[V+2]. The average molecular weight is 346 g/mol. The summed E-state index contributed by atoms with van der Waals surface area (Å²) in [7, 11) is 0. The summed E-state index contributed by atoms with van der Waals surface area (Å²) in [5.41, 5.74) is 0. The van der Waals surface area contributed by atoms with Crippen LogP contribution in [0.25, 0.3) is 5.32 Å². The van der Waals surface area contributed by atoms with Crippen molar-refractivity contribution >= 4 is 0 Å². The number of rotatable bonds is 4. The molecular weight excluding hydrogens is 309 g/mol. The maximum atomic E-state index is 4.42. The molecule has 0 N–H and O–H groups in total. The van der Waals surface area contributed by atoms with Gasteiger partial charge in [0.25, 0.3) is 0 Å². The Morgan fingerprint density at radius 3 is 1.95 bits per heavy atom. The van der Waals surface area contributed by atoms with Gasteiger partial charge in [0.2, 0.25) is 0 Å². The second-order valence-electron chi connectivity index (χ2n) is 6.33. The van der Waals surface area contributed by atoms with Crippen LogP contribution in [0.5, 0.6) is 0 Å². The predicted octanol–water partition coefficient (Wildman–Crippen LogP) is 3.68. The van der Waals surface area contributed by atoms with E-state index in [1.807, 2.05) is 6.08 Å². The van der Waals surface area contributed by atoms with Crippen LogP contribution in [-0.4, -0.2) is 62.2 Å². The Hall–Kier alpha value is 0.204. The molecule has 0 spiro atoms. The molecule has 1 radical (unpaired) electrons. The van der Waals surface area contributed by atoms with Crippen LogP contribution in [0.2, 0.25) is 0 Å². The minimum atomic E-state index is 0. The first kappa shape index (κ1) is 24.5. The molecule has 2 aliphatic rings. The summed E-state index contributed by atoms with van der Waals surface area (Å²) < 4.78 is 0. The Bertz CT molecular complexity index is 245. The van der Waals surface area contributed by atoms with Gasteiger partial charge in [-0.2, -0.15) is 0 Å². The molecule has 0 aromatic carbocycles. The molecule has 2 saturated heterocycles. The van der Waals surface area contributed by atoms with E-state index in [0.29, 0.717) is 5.92 Å². The normalized spacial score (nSPS) is 20.4. The summed E-state index contributed by atoms with van der Waals surface area (Å²) in [6.07, 6.45) is 4.57. The van der Waals surface area contributed by atoms with Gasteiger partial charge in [0.15, 0.2) is 0 Å². The van der Waals surface area contributed by atoms with Crippen LogP contribution in [0.1, 0.15) is 33.6 Å². The van der Waals surface area contributed by atoms with E-state index in [2.05, 4.69) is 42.5 Å². The minimum absolute atomic E-state index is 0. The van der Waals surface area contributed by atoms with Crippen molar-refractivity contribution in [2.75, 3.05) is 52.4 Å². The van der Waals surface area contributed by atoms with Gasteiger partial charge >= 0.3 is 18.6 Å². The summed E-state index contributed by atoms with van der Waals surface area (Å²) in [4.78, 5) is 5.20. The first-order chi connectivity index (χ1) is 9.65. The van der Waals surface area contributed by atoms with Crippen LogP contribution in [0.4, 0.5) is 0 Å². The topological polar surface area (TPSA) is 20.6 Å². The summed E-state index contributed by atoms with van der Waals surface area (Å²) in [5.74, 6) is 1.57. The molecule has 4 heteroatoms. The number of nitrogens with zero attached hydrogens (tertiary/aromatic N) is 3. The average Bonchev–Trinajstić information content (AvgIpc) is 2.49. The molecule has 22 heavy (non-hydrogen) atoms. The van der Waals surface area contributed by atoms with Gasteiger partial charge in [0.05, 0.1) is 0 Å². The van der Waals surface area contributed by atoms with E-state index in [1.165, 1.54) is 52.1 Å². The van der Waals surface area contributed by atoms with E-state index >= 15 is 0 Å². The third kappa shape index (κ3) is 10.9. The van der Waals surface area contributed by atoms with Crippen molar-refractivity contribution in [2.45, 2.75) is 33.6 Å². The first-order valence-electron chi connectivity index (χ1n) is 8.36. The van der Waals surface area contributed by atoms with Crippen LogP contribution in [0.15, 0.2) is 12.7 Å². The van der Waals surface area contributed by atoms with Gasteiger partial charge in [-0.25, -0.2) is 0 Å². The fraction of sp³-hybridized carbons (Fsp3) is 0.833. The molecule has 2 aliphatic heterocycles. The molecule has 3 nitrogen and oxygen atoms in total. The van der Waals surface area contributed by atoms with Crippen molar-refractivity contribution in [3.8, 4) is 0 Å². The molecular formula is C18H37N3V. The number of piperidine rings is 1. The standard InChI is InChI=1S/C12H24N3.C5H10.CH3.V/c1-2-14-7-9-15(10-8-14)11-12-3-5-13-6-4-12;1-4-5(2)3;;/h12H,2-11H2,1H3;4-5H,1H2,2-3H3;1H3;/q-1;;-1;+2. The number of hydrogen-bond donors (Lipinski definition) is 0. The quantitative estimate of drug-likeness (QED) is 0.572. The fourth-order valence-corrected chi connectivity index (χ4v) is 2.64. The zero-order valence-electron chi connectivity index (χ0n) is 15.3. The van der Waals surface area contributed by atoms with E-state index in [0.717, 1.165) is 19.0 Å². The van der Waals surface area contributed by atoms with Gasteiger partial charge in [-0.15, -0.1) is 19.7 Å². The number of allylic oxidation sites excluding steroid dienone is 1. The van der Waals surface area contributed by atoms with Gasteiger partial charge in [-0.1, -0.05) is 39.7 Å². The third-order valence-electron chi connectivity index (χ3n) is 4.29. The van der Waals surface area contributed by atoms with Crippen molar-refractivity contribution < 1.29 is 18.6 Å². The summed E-state index contributed by atoms with van der Waals surface area (Å²) in [5, 5.41) is 4.42. The largest absolute Gasteiger partial charge is 2.00 e. The molecule has 0 amide bonds. The van der Waals surface area contributed by atoms with Crippen molar-refractivity contribution in [3.63, 3.8) is 0 Å². The molecule has 0 aromatic heterocycles. The Kier molecular flexibility index (Phi) is 16.4. The smallest absolute Gasteiger partial charge is 0.662 e. The monoisotopic (exact) mass is 346 g/mol. The molecule has 0 unspecified atom stereocenters. The molecule has 0 atom stereocenters. The minimum Gasteiger partial charge on any atom is -0.662 e. The summed E-state index contributed by atoms with van der Waals surface area (Å²) in [6, 6.07) is 0. The molecule has 2 rings (SSSR count). The van der Waals surface area contributed by atoms with Gasteiger partial charge < -0.3 is 22.5 Å². The molecule has 2 fully saturated rings. The van der Waals surface area contributed by atoms with Crippen molar-refractivity contribution in [3.05, 3.63) is 25.4 Å². The van der Waals surface area contributed by atoms with E-state index in [-0.39, 0.29) is 26.0 Å². The molecule has 2 heterocycles. The van der Waals surface area contributed by atoms with E-state index in [4.69, 9.17) is 0 Å². The predicted molar refractivity (Wildman–Crippen MR) is 95.8 cm³/mol. The van der Waals surface area contributed by atoms with Gasteiger partial charge in [0, 0.05) is 32.7 Å². The Labute approximate surface area is 151 Å². The van der Waals surface area contributed by atoms with E-state index < -0.39 is 0 Å². The molecule has 0 saturated carbocycles. The second-order valence-corrected chi connectivity index (χ2v) is 6.33. The van der Waals surface area contributed by atoms with Crippen LogP contribution in [0, 0.1) is 19.3 Å². The zero-order chi connectivity index (χ0) is 14.8. The van der Waals surface area contributed by atoms with Gasteiger partial charge in [-0.05, 0) is 18.4 Å². The number of likely N-dealkylation sites (N-methyl/N-ethyl adjacent to an activating group) is 1. The van der Waals surface area contributed by atoms with Crippen LogP contribution >= 0.6 is 0 Å². The molecule has 0 bridgehead atoms. The summed E-state index contributed by atoms with van der Waals surface area (Å²) in [6.45, 7) is 19.9. The van der Waals surface area contributed by atoms with Crippen LogP contribution in [-0.2, 0) is 18.6 Å². The molecule has 0 aliphatic carbocycles. The van der Waals surface area contributed by atoms with Gasteiger partial charge in [-0.3, -0.25) is 0 Å². The fourth-order valence-electron chi connectivity index (χ4n) is 2.64. The van der Waals surface area contributed by atoms with Crippen molar-refractivity contribution in [2.24, 2.45) is 11.8 Å². The first-order valence-corrected chi connectivity index (χ1v) is 8.36. The Morgan fingerprint density at radius 1 is 1.09 bits per heavy atom. The number of piperazine rings is 1. The Morgan fingerprint density at radius 2 is 1.55 bits per heavy atom. The maximum absolute atomic E-state index is 4.42. The molecule has 129 valence electrons. The molecule has 0 aromatic rings. The Balaban J connectivity index is 0. The number of hydrogen-bond acceptors (Lipinski definition) is 2. The van der Waals surface area contributed by atoms with Gasteiger partial charge in [0.1, 0.15) is 0 Å². The maximum Gasteiger partial charge on any atom is 2.00 e.